The molecule has 2 aromatic rings. The molecular formula is C17H20BrNO. The number of rotatable bonds is 5. The summed E-state index contributed by atoms with van der Waals surface area (Å²) < 4.78 is 0.983. The second kappa shape index (κ2) is 6.51. The molecule has 0 aliphatic rings. The minimum atomic E-state index is -0.871. The molecule has 0 amide bonds. The first-order valence-corrected chi connectivity index (χ1v) is 7.79. The average molecular weight is 334 g/mol. The number of halogens is 1. The van der Waals surface area contributed by atoms with Crippen molar-refractivity contribution < 1.29 is 5.11 Å². The molecule has 0 saturated heterocycles. The lowest BCUT2D eigenvalue weighted by Crippen LogP contribution is -2.28. The molecule has 0 saturated carbocycles. The van der Waals surface area contributed by atoms with Gasteiger partial charge in [-0.25, -0.2) is 0 Å². The Kier molecular flexibility index (Phi) is 4.95. The van der Waals surface area contributed by atoms with Crippen molar-refractivity contribution in [2.24, 2.45) is 0 Å². The van der Waals surface area contributed by atoms with E-state index in [0.29, 0.717) is 12.8 Å². The number of aryl methyl sites for hydroxylation is 1. The van der Waals surface area contributed by atoms with Crippen molar-refractivity contribution in [1.29, 1.82) is 0 Å². The topological polar surface area (TPSA) is 33.1 Å². The molecule has 3 heteroatoms. The third kappa shape index (κ3) is 3.47. The number of benzene rings is 1. The molecule has 0 fully saturated rings. The van der Waals surface area contributed by atoms with Crippen molar-refractivity contribution in [2.45, 2.75) is 38.7 Å². The molecule has 1 aromatic carbocycles. The van der Waals surface area contributed by atoms with Gasteiger partial charge in [-0.05, 0) is 42.2 Å². The van der Waals surface area contributed by atoms with Crippen LogP contribution in [0.4, 0.5) is 0 Å². The Morgan fingerprint density at radius 1 is 1.20 bits per heavy atom. The summed E-state index contributed by atoms with van der Waals surface area (Å²) in [4.78, 5) is 4.46. The summed E-state index contributed by atoms with van der Waals surface area (Å²) >= 11 is 3.46. The van der Waals surface area contributed by atoms with Crippen LogP contribution in [0.25, 0.3) is 0 Å². The summed E-state index contributed by atoms with van der Waals surface area (Å²) in [7, 11) is 0. The fraction of sp³-hybridized carbons (Fsp3) is 0.353. The smallest absolute Gasteiger partial charge is 0.0949 e. The van der Waals surface area contributed by atoms with Gasteiger partial charge in [0.15, 0.2) is 0 Å². The molecule has 0 aliphatic heterocycles. The second-order valence-electron chi connectivity index (χ2n) is 5.08. The molecule has 0 bridgehead atoms. The minimum absolute atomic E-state index is 0.532. The van der Waals surface area contributed by atoms with Gasteiger partial charge in [0.05, 0.1) is 5.60 Å². The Hall–Kier alpha value is -1.19. The molecule has 0 spiro atoms. The lowest BCUT2D eigenvalue weighted by atomic mass is 9.86. The van der Waals surface area contributed by atoms with Gasteiger partial charge < -0.3 is 5.11 Å². The molecule has 1 heterocycles. The van der Waals surface area contributed by atoms with Crippen molar-refractivity contribution in [2.75, 3.05) is 0 Å². The van der Waals surface area contributed by atoms with Gasteiger partial charge in [0.1, 0.15) is 0 Å². The van der Waals surface area contributed by atoms with Gasteiger partial charge in [-0.3, -0.25) is 4.98 Å². The molecule has 1 unspecified atom stereocenters. The normalized spacial score (nSPS) is 14.0. The van der Waals surface area contributed by atoms with Gasteiger partial charge >= 0.3 is 0 Å². The maximum Gasteiger partial charge on any atom is 0.0949 e. The summed E-state index contributed by atoms with van der Waals surface area (Å²) in [6, 6.07) is 12.0. The second-order valence-corrected chi connectivity index (χ2v) is 6.00. The van der Waals surface area contributed by atoms with E-state index in [0.717, 1.165) is 22.2 Å². The van der Waals surface area contributed by atoms with Crippen LogP contribution < -0.4 is 0 Å². The van der Waals surface area contributed by atoms with E-state index in [4.69, 9.17) is 0 Å². The number of pyridine rings is 1. The van der Waals surface area contributed by atoms with Crippen LogP contribution in [0.1, 0.15) is 37.1 Å². The molecule has 2 nitrogen and oxygen atoms in total. The maximum absolute atomic E-state index is 10.9. The van der Waals surface area contributed by atoms with E-state index >= 15 is 0 Å². The summed E-state index contributed by atoms with van der Waals surface area (Å²) in [5.74, 6) is 0. The quantitative estimate of drug-likeness (QED) is 0.887. The highest BCUT2D eigenvalue weighted by atomic mass is 79.9. The fourth-order valence-corrected chi connectivity index (χ4v) is 2.68. The summed E-state index contributed by atoms with van der Waals surface area (Å²) in [6.45, 7) is 4.11. The van der Waals surface area contributed by atoms with E-state index in [1.165, 1.54) is 5.56 Å². The van der Waals surface area contributed by atoms with Crippen LogP contribution in [0.15, 0.2) is 47.1 Å². The molecule has 2 rings (SSSR count). The standard InChI is InChI=1S/C17H20BrNO/c1-3-13-8-9-16(19-12-13)11-17(20,4-2)14-6-5-7-15(18)10-14/h5-10,12,20H,3-4,11H2,1-2H3. The Bertz CT molecular complexity index is 567. The van der Waals surface area contributed by atoms with Crippen LogP contribution >= 0.6 is 15.9 Å². The third-order valence-electron chi connectivity index (χ3n) is 3.71. The van der Waals surface area contributed by atoms with Crippen LogP contribution in [0, 0.1) is 0 Å². The highest BCUT2D eigenvalue weighted by molar-refractivity contribution is 9.10. The van der Waals surface area contributed by atoms with Gasteiger partial charge in [0.25, 0.3) is 0 Å². The van der Waals surface area contributed by atoms with Crippen LogP contribution in [-0.4, -0.2) is 10.1 Å². The van der Waals surface area contributed by atoms with Crippen LogP contribution in [0.2, 0.25) is 0 Å². The van der Waals surface area contributed by atoms with Crippen molar-refractivity contribution in [3.63, 3.8) is 0 Å². The van der Waals surface area contributed by atoms with Crippen LogP contribution in [0.3, 0.4) is 0 Å². The van der Waals surface area contributed by atoms with E-state index in [2.05, 4.69) is 33.9 Å². The van der Waals surface area contributed by atoms with Gasteiger partial charge in [-0.15, -0.1) is 0 Å². The lowest BCUT2D eigenvalue weighted by Gasteiger charge is -2.27. The van der Waals surface area contributed by atoms with E-state index in [1.807, 2.05) is 43.5 Å². The summed E-state index contributed by atoms with van der Waals surface area (Å²) in [6.07, 6.45) is 4.06. The SMILES string of the molecule is CCc1ccc(CC(O)(CC)c2cccc(Br)c2)nc1. The van der Waals surface area contributed by atoms with Gasteiger partial charge in [-0.1, -0.05) is 48.0 Å². The monoisotopic (exact) mass is 333 g/mol. The van der Waals surface area contributed by atoms with E-state index in [9.17, 15) is 5.11 Å². The van der Waals surface area contributed by atoms with Gasteiger partial charge in [-0.2, -0.15) is 0 Å². The van der Waals surface area contributed by atoms with Gasteiger partial charge in [0.2, 0.25) is 0 Å². The summed E-state index contributed by atoms with van der Waals surface area (Å²) in [5, 5.41) is 10.9. The summed E-state index contributed by atoms with van der Waals surface area (Å²) in [5.41, 5.74) is 2.20. The zero-order valence-corrected chi connectivity index (χ0v) is 13.5. The van der Waals surface area contributed by atoms with E-state index < -0.39 is 5.60 Å². The van der Waals surface area contributed by atoms with Crippen LogP contribution in [0.5, 0.6) is 0 Å². The minimum Gasteiger partial charge on any atom is -0.385 e. The lowest BCUT2D eigenvalue weighted by molar-refractivity contribution is 0.0317. The molecule has 0 aliphatic carbocycles. The number of aromatic nitrogens is 1. The molecule has 0 radical (unpaired) electrons. The Morgan fingerprint density at radius 3 is 2.55 bits per heavy atom. The van der Waals surface area contributed by atoms with E-state index in [1.54, 1.807) is 0 Å². The van der Waals surface area contributed by atoms with E-state index in [-0.39, 0.29) is 0 Å². The molecule has 1 N–H and O–H groups in total. The molecule has 1 atom stereocenters. The molecule has 1 aromatic heterocycles. The number of nitrogens with zero attached hydrogens (tertiary/aromatic N) is 1. The van der Waals surface area contributed by atoms with Gasteiger partial charge in [0, 0.05) is 22.8 Å². The average Bonchev–Trinajstić information content (AvgIpc) is 2.48. The van der Waals surface area contributed by atoms with Crippen molar-refractivity contribution in [3.05, 3.63) is 63.9 Å². The zero-order chi connectivity index (χ0) is 14.6. The predicted molar refractivity (Wildman–Crippen MR) is 85.6 cm³/mol. The number of aliphatic hydroxyl groups is 1. The first-order chi connectivity index (χ1) is 9.57. The molecule has 106 valence electrons. The van der Waals surface area contributed by atoms with Crippen molar-refractivity contribution in [3.8, 4) is 0 Å². The van der Waals surface area contributed by atoms with Crippen LogP contribution in [-0.2, 0) is 18.4 Å². The Labute approximate surface area is 129 Å². The largest absolute Gasteiger partial charge is 0.385 e. The first-order valence-electron chi connectivity index (χ1n) is 6.99. The Balaban J connectivity index is 2.26. The zero-order valence-electron chi connectivity index (χ0n) is 11.9. The predicted octanol–water partition coefficient (Wildman–Crippen LogP) is 4.25. The van der Waals surface area contributed by atoms with Crippen molar-refractivity contribution in [1.82, 2.24) is 4.98 Å². The first kappa shape index (κ1) is 15.2. The molecular weight excluding hydrogens is 314 g/mol. The van der Waals surface area contributed by atoms with Crippen molar-refractivity contribution >= 4 is 15.9 Å². The number of hydrogen-bond donors (Lipinski definition) is 1. The Morgan fingerprint density at radius 2 is 2.00 bits per heavy atom. The highest BCUT2D eigenvalue weighted by Gasteiger charge is 2.28. The maximum atomic E-state index is 10.9. The number of hydrogen-bond acceptors (Lipinski definition) is 2. The molecule has 20 heavy (non-hydrogen) atoms. The highest BCUT2D eigenvalue weighted by Crippen LogP contribution is 2.30. The fourth-order valence-electron chi connectivity index (χ4n) is 2.28. The third-order valence-corrected chi connectivity index (χ3v) is 4.21.